The second-order valence-electron chi connectivity index (χ2n) is 6.42. The van der Waals surface area contributed by atoms with E-state index in [9.17, 15) is 5.11 Å². The van der Waals surface area contributed by atoms with Crippen LogP contribution >= 0.6 is 0 Å². The van der Waals surface area contributed by atoms with Gasteiger partial charge in [-0.3, -0.25) is 0 Å². The summed E-state index contributed by atoms with van der Waals surface area (Å²) in [5, 5.41) is 10.3. The smallest absolute Gasteiger partial charge is 0.0793 e. The third-order valence-corrected chi connectivity index (χ3v) is 4.28. The summed E-state index contributed by atoms with van der Waals surface area (Å²) < 4.78 is 0. The largest absolute Gasteiger partial charge is 0.388 e. The Kier molecular flexibility index (Phi) is 3.82. The van der Waals surface area contributed by atoms with E-state index in [1.54, 1.807) is 0 Å². The maximum atomic E-state index is 10.3. The van der Waals surface area contributed by atoms with Gasteiger partial charge < -0.3 is 5.11 Å². The highest BCUT2D eigenvalue weighted by Crippen LogP contribution is 2.42. The molecule has 18 heavy (non-hydrogen) atoms. The van der Waals surface area contributed by atoms with Crippen molar-refractivity contribution in [3.63, 3.8) is 0 Å². The first-order valence-electron chi connectivity index (χ1n) is 7.27. The lowest BCUT2D eigenvalue weighted by atomic mass is 9.75. The van der Waals surface area contributed by atoms with Gasteiger partial charge in [0, 0.05) is 0 Å². The van der Waals surface area contributed by atoms with Crippen molar-refractivity contribution in [2.24, 2.45) is 0 Å². The zero-order valence-electron chi connectivity index (χ0n) is 12.3. The Hall–Kier alpha value is -0.820. The molecule has 0 amide bonds. The van der Waals surface area contributed by atoms with Crippen LogP contribution in [-0.4, -0.2) is 5.11 Å². The van der Waals surface area contributed by atoms with Gasteiger partial charge in [-0.1, -0.05) is 46.8 Å². The molecule has 0 saturated heterocycles. The fourth-order valence-corrected chi connectivity index (χ4v) is 3.09. The first-order chi connectivity index (χ1) is 8.41. The fourth-order valence-electron chi connectivity index (χ4n) is 3.09. The number of rotatable bonds is 2. The number of hydrogen-bond acceptors (Lipinski definition) is 1. The van der Waals surface area contributed by atoms with Crippen molar-refractivity contribution in [3.05, 3.63) is 34.4 Å². The van der Waals surface area contributed by atoms with E-state index in [1.165, 1.54) is 22.3 Å². The van der Waals surface area contributed by atoms with E-state index in [2.05, 4.69) is 46.8 Å². The number of benzene rings is 1. The van der Waals surface area contributed by atoms with Crippen molar-refractivity contribution >= 4 is 0 Å². The molecule has 1 unspecified atom stereocenters. The fraction of sp³-hybridized carbons (Fsp3) is 0.647. The molecule has 1 aliphatic rings. The van der Waals surface area contributed by atoms with Crippen LogP contribution in [0.25, 0.3) is 0 Å². The lowest BCUT2D eigenvalue weighted by molar-refractivity contribution is 0.151. The van der Waals surface area contributed by atoms with Crippen molar-refractivity contribution < 1.29 is 5.11 Å². The Morgan fingerprint density at radius 1 is 1.06 bits per heavy atom. The predicted molar refractivity (Wildman–Crippen MR) is 77.2 cm³/mol. The molecule has 0 fully saturated rings. The van der Waals surface area contributed by atoms with Gasteiger partial charge in [-0.05, 0) is 52.8 Å². The van der Waals surface area contributed by atoms with Crippen LogP contribution in [0.5, 0.6) is 0 Å². The van der Waals surface area contributed by atoms with Crippen LogP contribution in [0.4, 0.5) is 0 Å². The van der Waals surface area contributed by atoms with Gasteiger partial charge in [0.2, 0.25) is 0 Å². The molecule has 1 N–H and O–H groups in total. The molecule has 0 saturated carbocycles. The van der Waals surface area contributed by atoms with Gasteiger partial charge in [0.25, 0.3) is 0 Å². The second-order valence-corrected chi connectivity index (χ2v) is 6.42. The minimum atomic E-state index is -0.257. The number of fused-ring (bicyclic) bond motifs is 1. The van der Waals surface area contributed by atoms with Crippen LogP contribution in [0.2, 0.25) is 0 Å². The molecule has 100 valence electrons. The molecule has 0 aliphatic heterocycles. The molecule has 1 aromatic rings. The molecule has 0 bridgehead atoms. The first kappa shape index (κ1) is 13.6. The molecule has 1 nitrogen and oxygen atoms in total. The third-order valence-electron chi connectivity index (χ3n) is 4.28. The van der Waals surface area contributed by atoms with E-state index in [0.29, 0.717) is 17.8 Å². The summed E-state index contributed by atoms with van der Waals surface area (Å²) in [6, 6.07) is 4.61. The van der Waals surface area contributed by atoms with Gasteiger partial charge in [0.15, 0.2) is 0 Å². The molecule has 1 aliphatic carbocycles. The topological polar surface area (TPSA) is 20.2 Å². The van der Waals surface area contributed by atoms with Crippen LogP contribution in [0.1, 0.15) is 93.6 Å². The Morgan fingerprint density at radius 3 is 2.28 bits per heavy atom. The summed E-state index contributed by atoms with van der Waals surface area (Å²) in [5.74, 6) is 1.64. The van der Waals surface area contributed by atoms with E-state index in [4.69, 9.17) is 0 Å². The quantitative estimate of drug-likeness (QED) is 0.789. The Balaban J connectivity index is 2.64. The molecule has 0 radical (unpaired) electrons. The Morgan fingerprint density at radius 2 is 1.72 bits per heavy atom. The molecule has 0 aromatic heterocycles. The summed E-state index contributed by atoms with van der Waals surface area (Å²) in [7, 11) is 0. The second kappa shape index (κ2) is 5.05. The first-order valence-corrected chi connectivity index (χ1v) is 7.27. The molecule has 0 spiro atoms. The molecule has 2 rings (SSSR count). The highest BCUT2D eigenvalue weighted by atomic mass is 16.3. The highest BCUT2D eigenvalue weighted by molar-refractivity contribution is 5.46. The minimum Gasteiger partial charge on any atom is -0.388 e. The Bertz CT molecular complexity index is 414. The average molecular weight is 246 g/mol. The molecular formula is C17H26O. The maximum absolute atomic E-state index is 10.3. The van der Waals surface area contributed by atoms with Crippen LogP contribution in [0, 0.1) is 0 Å². The Labute approximate surface area is 111 Å². The minimum absolute atomic E-state index is 0.257. The van der Waals surface area contributed by atoms with Gasteiger partial charge in [0.05, 0.1) is 6.10 Å². The SMILES string of the molecule is CC(C)c1cc(C(C)C)c2c(c1)[C@H](O)CCC2C. The van der Waals surface area contributed by atoms with Crippen LogP contribution in [0.3, 0.4) is 0 Å². The summed E-state index contributed by atoms with van der Waals surface area (Å²) in [6.07, 6.45) is 1.76. The lowest BCUT2D eigenvalue weighted by Gasteiger charge is -2.31. The number of aliphatic hydroxyl groups is 1. The van der Waals surface area contributed by atoms with Crippen LogP contribution < -0.4 is 0 Å². The van der Waals surface area contributed by atoms with Crippen LogP contribution in [-0.2, 0) is 0 Å². The molecule has 1 aromatic carbocycles. The van der Waals surface area contributed by atoms with E-state index < -0.39 is 0 Å². The zero-order valence-corrected chi connectivity index (χ0v) is 12.3. The average Bonchev–Trinajstić information content (AvgIpc) is 2.32. The van der Waals surface area contributed by atoms with Gasteiger partial charge in [-0.15, -0.1) is 0 Å². The van der Waals surface area contributed by atoms with Crippen LogP contribution in [0.15, 0.2) is 12.1 Å². The molecule has 0 heterocycles. The van der Waals surface area contributed by atoms with Gasteiger partial charge >= 0.3 is 0 Å². The van der Waals surface area contributed by atoms with E-state index in [1.807, 2.05) is 0 Å². The monoisotopic (exact) mass is 246 g/mol. The maximum Gasteiger partial charge on any atom is 0.0793 e. The summed E-state index contributed by atoms with van der Waals surface area (Å²) in [5.41, 5.74) is 5.44. The lowest BCUT2D eigenvalue weighted by Crippen LogP contribution is -2.16. The number of hydrogen-bond donors (Lipinski definition) is 1. The summed E-state index contributed by atoms with van der Waals surface area (Å²) in [4.78, 5) is 0. The predicted octanol–water partition coefficient (Wildman–Crippen LogP) is 4.86. The standard InChI is InChI=1S/C17H26O/c1-10(2)13-8-14(11(3)4)17-12(5)6-7-16(18)15(17)9-13/h8-12,16,18H,6-7H2,1-5H3/t12?,16-/m1/s1. The van der Waals surface area contributed by atoms with Gasteiger partial charge in [0.1, 0.15) is 0 Å². The summed E-state index contributed by atoms with van der Waals surface area (Å²) in [6.45, 7) is 11.3. The van der Waals surface area contributed by atoms with E-state index >= 15 is 0 Å². The van der Waals surface area contributed by atoms with Crippen molar-refractivity contribution in [1.29, 1.82) is 0 Å². The van der Waals surface area contributed by atoms with E-state index in [0.717, 1.165) is 12.8 Å². The van der Waals surface area contributed by atoms with E-state index in [-0.39, 0.29) is 6.10 Å². The molecular weight excluding hydrogens is 220 g/mol. The zero-order chi connectivity index (χ0) is 13.4. The van der Waals surface area contributed by atoms with Crippen molar-refractivity contribution in [3.8, 4) is 0 Å². The molecule has 2 atom stereocenters. The highest BCUT2D eigenvalue weighted by Gasteiger charge is 2.27. The van der Waals surface area contributed by atoms with Gasteiger partial charge in [-0.2, -0.15) is 0 Å². The normalized spacial score (nSPS) is 23.6. The number of aliphatic hydroxyl groups excluding tert-OH is 1. The van der Waals surface area contributed by atoms with Crippen molar-refractivity contribution in [1.82, 2.24) is 0 Å². The molecule has 1 heteroatoms. The van der Waals surface area contributed by atoms with Crippen molar-refractivity contribution in [2.45, 2.75) is 71.3 Å². The van der Waals surface area contributed by atoms with Gasteiger partial charge in [-0.25, -0.2) is 0 Å². The van der Waals surface area contributed by atoms with Crippen molar-refractivity contribution in [2.75, 3.05) is 0 Å². The third kappa shape index (κ3) is 2.33. The summed E-state index contributed by atoms with van der Waals surface area (Å²) >= 11 is 0.